The van der Waals surface area contributed by atoms with Crippen LogP contribution in [0.15, 0.2) is 33.6 Å². The third kappa shape index (κ3) is 3.16. The number of carboxylic acid groups (broad SMARTS) is 1. The molecule has 0 aliphatic heterocycles. The lowest BCUT2D eigenvalue weighted by molar-refractivity contribution is 0.0661. The van der Waals surface area contributed by atoms with Crippen LogP contribution < -0.4 is 0 Å². The summed E-state index contributed by atoms with van der Waals surface area (Å²) < 4.78 is 29.9. The molecule has 0 aliphatic rings. The first-order valence-electron chi connectivity index (χ1n) is 6.33. The van der Waals surface area contributed by atoms with E-state index in [2.05, 4.69) is 0 Å². The Morgan fingerprint density at radius 3 is 2.33 bits per heavy atom. The van der Waals surface area contributed by atoms with Crippen molar-refractivity contribution in [3.8, 4) is 0 Å². The molecule has 1 N–H and O–H groups in total. The van der Waals surface area contributed by atoms with Crippen molar-refractivity contribution in [3.05, 3.63) is 52.5 Å². The first-order chi connectivity index (χ1) is 9.70. The number of carboxylic acids is 1. The SMILES string of the molecule is Cc1ccc(S(=O)(=O)Cc2cc(C(=O)O)oc2C)cc1C. The Bertz CT molecular complexity index is 799. The van der Waals surface area contributed by atoms with Crippen LogP contribution in [-0.2, 0) is 15.6 Å². The largest absolute Gasteiger partial charge is 0.475 e. The number of hydrogen-bond acceptors (Lipinski definition) is 4. The highest BCUT2D eigenvalue weighted by Crippen LogP contribution is 2.23. The van der Waals surface area contributed by atoms with Gasteiger partial charge in [0.2, 0.25) is 5.76 Å². The van der Waals surface area contributed by atoms with Gasteiger partial charge in [-0.15, -0.1) is 0 Å². The summed E-state index contributed by atoms with van der Waals surface area (Å²) in [6.07, 6.45) is 0. The minimum atomic E-state index is -3.54. The van der Waals surface area contributed by atoms with Crippen LogP contribution in [0.5, 0.6) is 0 Å². The topological polar surface area (TPSA) is 84.6 Å². The minimum Gasteiger partial charge on any atom is -0.475 e. The number of furan rings is 1. The number of carbonyl (C=O) groups is 1. The predicted molar refractivity (Wildman–Crippen MR) is 77.2 cm³/mol. The van der Waals surface area contributed by atoms with Gasteiger partial charge in [-0.25, -0.2) is 13.2 Å². The summed E-state index contributed by atoms with van der Waals surface area (Å²) in [6.45, 7) is 5.31. The molecule has 1 aromatic heterocycles. The third-order valence-electron chi connectivity index (χ3n) is 3.41. The molecule has 2 aromatic rings. The summed E-state index contributed by atoms with van der Waals surface area (Å²) in [6, 6.07) is 6.20. The number of sulfone groups is 1. The highest BCUT2D eigenvalue weighted by atomic mass is 32.2. The van der Waals surface area contributed by atoms with Crippen LogP contribution in [0.4, 0.5) is 0 Å². The maximum Gasteiger partial charge on any atom is 0.371 e. The van der Waals surface area contributed by atoms with Crippen molar-refractivity contribution in [2.24, 2.45) is 0 Å². The first kappa shape index (κ1) is 15.3. The van der Waals surface area contributed by atoms with E-state index < -0.39 is 15.8 Å². The van der Waals surface area contributed by atoms with Gasteiger partial charge >= 0.3 is 5.97 Å². The molecular formula is C15H16O5S. The molecule has 0 radical (unpaired) electrons. The molecule has 2 rings (SSSR count). The van der Waals surface area contributed by atoms with Gasteiger partial charge in [0.1, 0.15) is 5.76 Å². The van der Waals surface area contributed by atoms with Gasteiger partial charge in [-0.1, -0.05) is 6.07 Å². The number of aromatic carboxylic acids is 1. The van der Waals surface area contributed by atoms with Crippen LogP contribution in [0, 0.1) is 20.8 Å². The van der Waals surface area contributed by atoms with Crippen LogP contribution in [0.25, 0.3) is 0 Å². The van der Waals surface area contributed by atoms with E-state index in [-0.39, 0.29) is 16.4 Å². The first-order valence-corrected chi connectivity index (χ1v) is 7.98. The van der Waals surface area contributed by atoms with Crippen molar-refractivity contribution in [2.75, 3.05) is 0 Å². The number of hydrogen-bond donors (Lipinski definition) is 1. The molecule has 0 saturated heterocycles. The monoisotopic (exact) mass is 308 g/mol. The number of rotatable bonds is 4. The molecule has 0 fully saturated rings. The Labute approximate surface area is 123 Å². The van der Waals surface area contributed by atoms with Crippen molar-refractivity contribution in [3.63, 3.8) is 0 Å². The van der Waals surface area contributed by atoms with Gasteiger partial charge in [-0.05, 0) is 50.1 Å². The molecule has 0 unspecified atom stereocenters. The van der Waals surface area contributed by atoms with Crippen molar-refractivity contribution < 1.29 is 22.7 Å². The van der Waals surface area contributed by atoms with Crippen LogP contribution in [-0.4, -0.2) is 19.5 Å². The fourth-order valence-corrected chi connectivity index (χ4v) is 3.46. The van der Waals surface area contributed by atoms with Gasteiger partial charge in [0.25, 0.3) is 0 Å². The second kappa shape index (κ2) is 5.37. The Hall–Kier alpha value is -2.08. The second-order valence-corrected chi connectivity index (χ2v) is 6.99. The zero-order chi connectivity index (χ0) is 15.8. The van der Waals surface area contributed by atoms with Gasteiger partial charge in [0.05, 0.1) is 10.6 Å². The zero-order valence-corrected chi connectivity index (χ0v) is 12.8. The van der Waals surface area contributed by atoms with E-state index in [1.807, 2.05) is 13.8 Å². The van der Waals surface area contributed by atoms with Gasteiger partial charge in [0.15, 0.2) is 9.84 Å². The molecule has 6 heteroatoms. The van der Waals surface area contributed by atoms with E-state index in [0.717, 1.165) is 11.1 Å². The lowest BCUT2D eigenvalue weighted by Gasteiger charge is -2.06. The predicted octanol–water partition coefficient (Wildman–Crippen LogP) is 2.88. The Morgan fingerprint density at radius 1 is 1.14 bits per heavy atom. The van der Waals surface area contributed by atoms with E-state index in [4.69, 9.17) is 9.52 Å². The molecule has 0 amide bonds. The third-order valence-corrected chi connectivity index (χ3v) is 5.08. The molecule has 0 bridgehead atoms. The van der Waals surface area contributed by atoms with E-state index >= 15 is 0 Å². The Kier molecular flexibility index (Phi) is 3.91. The summed E-state index contributed by atoms with van der Waals surface area (Å²) >= 11 is 0. The quantitative estimate of drug-likeness (QED) is 0.938. The maximum absolute atomic E-state index is 12.4. The Morgan fingerprint density at radius 2 is 1.81 bits per heavy atom. The molecule has 1 aromatic carbocycles. The van der Waals surface area contributed by atoms with E-state index in [0.29, 0.717) is 11.3 Å². The van der Waals surface area contributed by atoms with Gasteiger partial charge in [0, 0.05) is 5.56 Å². The molecule has 5 nitrogen and oxygen atoms in total. The summed E-state index contributed by atoms with van der Waals surface area (Å²) in [5, 5.41) is 8.86. The number of aryl methyl sites for hydroxylation is 3. The molecular weight excluding hydrogens is 292 g/mol. The van der Waals surface area contributed by atoms with Crippen molar-refractivity contribution in [1.82, 2.24) is 0 Å². The summed E-state index contributed by atoms with van der Waals surface area (Å²) in [5.41, 5.74) is 2.28. The highest BCUT2D eigenvalue weighted by molar-refractivity contribution is 7.90. The van der Waals surface area contributed by atoms with Gasteiger partial charge < -0.3 is 9.52 Å². The summed E-state index contributed by atoms with van der Waals surface area (Å²) in [4.78, 5) is 11.1. The van der Waals surface area contributed by atoms with Crippen LogP contribution in [0.3, 0.4) is 0 Å². The lowest BCUT2D eigenvalue weighted by atomic mass is 10.1. The average Bonchev–Trinajstić information content (AvgIpc) is 2.74. The second-order valence-electron chi connectivity index (χ2n) is 5.00. The molecule has 0 spiro atoms. The fraction of sp³-hybridized carbons (Fsp3) is 0.267. The van der Waals surface area contributed by atoms with Crippen LogP contribution in [0.1, 0.15) is 33.0 Å². The normalized spacial score (nSPS) is 11.6. The van der Waals surface area contributed by atoms with E-state index in [1.54, 1.807) is 25.1 Å². The molecule has 0 saturated carbocycles. The van der Waals surface area contributed by atoms with Gasteiger partial charge in [-0.3, -0.25) is 0 Å². The Balaban J connectivity index is 2.37. The van der Waals surface area contributed by atoms with Crippen LogP contribution >= 0.6 is 0 Å². The molecule has 21 heavy (non-hydrogen) atoms. The van der Waals surface area contributed by atoms with E-state index in [9.17, 15) is 13.2 Å². The maximum atomic E-state index is 12.4. The van der Waals surface area contributed by atoms with Crippen molar-refractivity contribution in [2.45, 2.75) is 31.4 Å². The van der Waals surface area contributed by atoms with Crippen molar-refractivity contribution in [1.29, 1.82) is 0 Å². The lowest BCUT2D eigenvalue weighted by Crippen LogP contribution is -2.06. The minimum absolute atomic E-state index is 0.225. The molecule has 112 valence electrons. The standard InChI is InChI=1S/C15H16O5S/c1-9-4-5-13(6-10(9)2)21(18,19)8-12-7-14(15(16)17)20-11(12)3/h4-7H,8H2,1-3H3,(H,16,17). The fourth-order valence-electron chi connectivity index (χ4n) is 1.96. The van der Waals surface area contributed by atoms with Gasteiger partial charge in [-0.2, -0.15) is 0 Å². The smallest absolute Gasteiger partial charge is 0.371 e. The molecule has 1 heterocycles. The average molecular weight is 308 g/mol. The van der Waals surface area contributed by atoms with Crippen LogP contribution in [0.2, 0.25) is 0 Å². The molecule has 0 atom stereocenters. The highest BCUT2D eigenvalue weighted by Gasteiger charge is 2.21. The van der Waals surface area contributed by atoms with Crippen molar-refractivity contribution >= 4 is 15.8 Å². The van der Waals surface area contributed by atoms with E-state index in [1.165, 1.54) is 6.07 Å². The zero-order valence-electron chi connectivity index (χ0n) is 12.0. The summed E-state index contributed by atoms with van der Waals surface area (Å²) in [7, 11) is -3.54. The molecule has 0 aliphatic carbocycles. The summed E-state index contributed by atoms with van der Waals surface area (Å²) in [5.74, 6) is -1.44. The number of benzene rings is 1.